The van der Waals surface area contributed by atoms with Crippen molar-refractivity contribution in [3.8, 4) is 0 Å². The summed E-state index contributed by atoms with van der Waals surface area (Å²) in [5, 5.41) is 0. The Kier molecular flexibility index (Phi) is 13.3. The maximum absolute atomic E-state index is 10.8. The zero-order valence-corrected chi connectivity index (χ0v) is 13.8. The Morgan fingerprint density at radius 3 is 2.32 bits per heavy atom. The number of esters is 1. The minimum Gasteiger partial charge on any atom is -0.463 e. The Hall–Kier alpha value is -0.653. The molecule has 0 saturated heterocycles. The topological polar surface area (TPSA) is 44.8 Å². The van der Waals surface area contributed by atoms with Crippen LogP contribution in [0.3, 0.4) is 0 Å². The van der Waals surface area contributed by atoms with Gasteiger partial charge >= 0.3 is 5.97 Å². The molecule has 112 valence electrons. The lowest BCUT2D eigenvalue weighted by Crippen LogP contribution is -2.25. The summed E-state index contributed by atoms with van der Waals surface area (Å²) in [6.07, 6.45) is 5.22. The summed E-state index contributed by atoms with van der Waals surface area (Å²) in [7, 11) is -0.373. The molecule has 0 aliphatic heterocycles. The minimum absolute atomic E-state index is 0.0515. The second-order valence-electron chi connectivity index (χ2n) is 4.39. The number of rotatable bonds is 13. The molecule has 0 spiro atoms. The number of unbranched alkanes of at least 4 members (excludes halogenated alkanes) is 1. The van der Waals surface area contributed by atoms with Gasteiger partial charge in [0, 0.05) is 19.3 Å². The summed E-state index contributed by atoms with van der Waals surface area (Å²) in [5.41, 5.74) is 0. The van der Waals surface area contributed by atoms with Crippen LogP contribution in [0.1, 0.15) is 39.5 Å². The van der Waals surface area contributed by atoms with E-state index in [2.05, 4.69) is 20.4 Å². The van der Waals surface area contributed by atoms with E-state index >= 15 is 0 Å². The van der Waals surface area contributed by atoms with Gasteiger partial charge in [-0.05, 0) is 19.3 Å². The first-order valence-electron chi connectivity index (χ1n) is 7.27. The summed E-state index contributed by atoms with van der Waals surface area (Å²) in [6.45, 7) is 9.60. The van der Waals surface area contributed by atoms with Gasteiger partial charge in [-0.2, -0.15) is 0 Å². The van der Waals surface area contributed by atoms with Crippen LogP contribution < -0.4 is 0 Å². The van der Waals surface area contributed by atoms with Crippen LogP contribution in [0.5, 0.6) is 0 Å². The van der Waals surface area contributed by atoms with Gasteiger partial charge in [0.25, 0.3) is 0 Å². The smallest absolute Gasteiger partial charge is 0.330 e. The van der Waals surface area contributed by atoms with Crippen LogP contribution in [0.2, 0.25) is 6.04 Å². The van der Waals surface area contributed by atoms with E-state index in [4.69, 9.17) is 14.2 Å². The molecule has 0 bridgehead atoms. The van der Waals surface area contributed by atoms with Crippen molar-refractivity contribution in [3.05, 3.63) is 12.7 Å². The van der Waals surface area contributed by atoms with Gasteiger partial charge in [0.05, 0.1) is 16.1 Å². The highest BCUT2D eigenvalue weighted by molar-refractivity contribution is 6.36. The molecule has 0 atom stereocenters. The fourth-order valence-corrected chi connectivity index (χ4v) is 3.18. The molecule has 0 aromatic heterocycles. The van der Waals surface area contributed by atoms with Gasteiger partial charge in [0.15, 0.2) is 0 Å². The van der Waals surface area contributed by atoms with Crippen LogP contribution in [0, 0.1) is 0 Å². The third-order valence-corrected chi connectivity index (χ3v) is 4.36. The zero-order chi connectivity index (χ0) is 14.3. The predicted molar refractivity (Wildman–Crippen MR) is 80.0 cm³/mol. The number of hydrogen-bond donors (Lipinski definition) is 0. The van der Waals surface area contributed by atoms with E-state index in [0.717, 1.165) is 44.9 Å². The van der Waals surface area contributed by atoms with Gasteiger partial charge in [-0.25, -0.2) is 4.79 Å². The van der Waals surface area contributed by atoms with Crippen molar-refractivity contribution in [3.63, 3.8) is 0 Å². The Morgan fingerprint density at radius 2 is 1.79 bits per heavy atom. The number of hydrogen-bond acceptors (Lipinski definition) is 4. The molecule has 0 aromatic rings. The second-order valence-corrected chi connectivity index (χ2v) is 6.34. The molecule has 19 heavy (non-hydrogen) atoms. The summed E-state index contributed by atoms with van der Waals surface area (Å²) in [4.78, 5) is 10.8. The van der Waals surface area contributed by atoms with Crippen molar-refractivity contribution < 1.29 is 19.0 Å². The van der Waals surface area contributed by atoms with E-state index in [9.17, 15) is 4.79 Å². The molecule has 5 heteroatoms. The van der Waals surface area contributed by atoms with E-state index in [1.54, 1.807) is 0 Å². The molecule has 0 heterocycles. The molecule has 0 saturated carbocycles. The Labute approximate surface area is 119 Å². The molecular formula is C14H28O4Si. The molecule has 0 rings (SSSR count). The monoisotopic (exact) mass is 288 g/mol. The molecule has 0 fully saturated rings. The summed E-state index contributed by atoms with van der Waals surface area (Å²) in [6, 6.07) is 1.16. The lowest BCUT2D eigenvalue weighted by molar-refractivity contribution is -0.137. The van der Waals surface area contributed by atoms with Crippen molar-refractivity contribution in [2.24, 2.45) is 0 Å². The highest BCUT2D eigenvalue weighted by Crippen LogP contribution is 2.03. The number of ether oxygens (including phenoxy) is 3. The summed E-state index contributed by atoms with van der Waals surface area (Å²) in [5.74, 6) is -0.289. The van der Waals surface area contributed by atoms with Gasteiger partial charge in [0.1, 0.15) is 5.91 Å². The molecular weight excluding hydrogens is 260 g/mol. The molecule has 0 N–H and O–H groups in total. The standard InChI is InChI=1S/C14H28O4Si/c1-4-9-17-14(18-10-5-2)19-12-8-7-11-16-13(15)6-3/h6,14H,3-5,7-12,19H2,1-2H3. The van der Waals surface area contributed by atoms with Gasteiger partial charge in [0.2, 0.25) is 0 Å². The average molecular weight is 288 g/mol. The molecule has 0 radical (unpaired) electrons. The maximum atomic E-state index is 10.8. The quantitative estimate of drug-likeness (QED) is 0.171. The van der Waals surface area contributed by atoms with E-state index in [-0.39, 0.29) is 21.4 Å². The molecule has 0 aliphatic rings. The molecule has 0 aliphatic carbocycles. The van der Waals surface area contributed by atoms with Crippen molar-refractivity contribution in [2.75, 3.05) is 19.8 Å². The SMILES string of the molecule is C=CC(=O)OCCCC[SiH2]C(OCCC)OCCC. The number of carbonyl (C=O) groups excluding carboxylic acids is 1. The van der Waals surface area contributed by atoms with E-state index < -0.39 is 0 Å². The third-order valence-electron chi connectivity index (χ3n) is 2.51. The minimum atomic E-state index is -0.373. The Morgan fingerprint density at radius 1 is 1.16 bits per heavy atom. The number of carbonyl (C=O) groups is 1. The highest BCUT2D eigenvalue weighted by atomic mass is 28.2. The molecule has 0 unspecified atom stereocenters. The second kappa shape index (κ2) is 13.8. The largest absolute Gasteiger partial charge is 0.463 e. The van der Waals surface area contributed by atoms with Gasteiger partial charge in [-0.3, -0.25) is 0 Å². The Bertz CT molecular complexity index is 225. The van der Waals surface area contributed by atoms with E-state index in [1.165, 1.54) is 6.08 Å². The van der Waals surface area contributed by atoms with Gasteiger partial charge in [-0.1, -0.05) is 32.9 Å². The van der Waals surface area contributed by atoms with Crippen LogP contribution in [0.25, 0.3) is 0 Å². The first-order valence-corrected chi connectivity index (χ1v) is 9.08. The maximum Gasteiger partial charge on any atom is 0.330 e. The average Bonchev–Trinajstić information content (AvgIpc) is 2.44. The van der Waals surface area contributed by atoms with E-state index in [0.29, 0.717) is 6.61 Å². The zero-order valence-electron chi connectivity index (χ0n) is 12.4. The van der Waals surface area contributed by atoms with Crippen molar-refractivity contribution in [2.45, 2.75) is 51.5 Å². The van der Waals surface area contributed by atoms with Crippen molar-refractivity contribution in [1.29, 1.82) is 0 Å². The summed E-state index contributed by atoms with van der Waals surface area (Å²) >= 11 is 0. The first kappa shape index (κ1) is 18.3. The lowest BCUT2D eigenvalue weighted by atomic mass is 10.4. The van der Waals surface area contributed by atoms with Gasteiger partial charge < -0.3 is 14.2 Å². The lowest BCUT2D eigenvalue weighted by Gasteiger charge is -2.17. The van der Waals surface area contributed by atoms with Crippen LogP contribution in [0.15, 0.2) is 12.7 Å². The highest BCUT2D eigenvalue weighted by Gasteiger charge is 2.08. The van der Waals surface area contributed by atoms with Crippen LogP contribution in [-0.2, 0) is 19.0 Å². The summed E-state index contributed by atoms with van der Waals surface area (Å²) < 4.78 is 16.3. The first-order chi connectivity index (χ1) is 9.24. The van der Waals surface area contributed by atoms with Crippen molar-refractivity contribution in [1.82, 2.24) is 0 Å². The fraction of sp³-hybridized carbons (Fsp3) is 0.786. The van der Waals surface area contributed by atoms with Crippen molar-refractivity contribution >= 4 is 15.5 Å². The van der Waals surface area contributed by atoms with Crippen LogP contribution in [0.4, 0.5) is 0 Å². The molecule has 0 aromatic carbocycles. The fourth-order valence-electron chi connectivity index (χ4n) is 1.53. The van der Waals surface area contributed by atoms with Crippen LogP contribution >= 0.6 is 0 Å². The third kappa shape index (κ3) is 12.1. The normalized spacial score (nSPS) is 11.3. The van der Waals surface area contributed by atoms with E-state index in [1.807, 2.05) is 0 Å². The van der Waals surface area contributed by atoms with Crippen LogP contribution in [-0.4, -0.2) is 41.2 Å². The predicted octanol–water partition coefficient (Wildman–Crippen LogP) is 2.22. The Balaban J connectivity index is 3.55. The molecule has 4 nitrogen and oxygen atoms in total. The van der Waals surface area contributed by atoms with Gasteiger partial charge in [-0.15, -0.1) is 0 Å². The molecule has 0 amide bonds.